The van der Waals surface area contributed by atoms with Crippen LogP contribution in [-0.2, 0) is 4.79 Å². The first kappa shape index (κ1) is 34.9. The van der Waals surface area contributed by atoms with Crippen LogP contribution in [-0.4, -0.2) is 48.0 Å². The minimum absolute atomic E-state index is 0.0223. The number of nitrogens with zero attached hydrogens (tertiary/aromatic N) is 2. The Bertz CT molecular complexity index is 1210. The largest absolute Gasteiger partial charge is 0.398 e. The minimum Gasteiger partial charge on any atom is -0.398 e. The van der Waals surface area contributed by atoms with Gasteiger partial charge in [-0.15, -0.1) is 0 Å². The van der Waals surface area contributed by atoms with Gasteiger partial charge in [-0.3, -0.25) is 4.79 Å². The molecule has 1 heterocycles. The molecule has 0 saturated heterocycles. The summed E-state index contributed by atoms with van der Waals surface area (Å²) in [5.74, 6) is 1.11. The summed E-state index contributed by atoms with van der Waals surface area (Å²) in [7, 11) is 0. The summed E-state index contributed by atoms with van der Waals surface area (Å²) < 4.78 is 14.5. The fourth-order valence-corrected chi connectivity index (χ4v) is 4.51. The number of carbonyl (C=O) groups excluding carboxylic acids is 1. The number of halogens is 2. The molecule has 1 aromatic carbocycles. The second kappa shape index (κ2) is 17.6. The highest BCUT2D eigenvalue weighted by Crippen LogP contribution is 2.22. The van der Waals surface area contributed by atoms with E-state index in [-0.39, 0.29) is 23.2 Å². The summed E-state index contributed by atoms with van der Waals surface area (Å²) in [6.45, 7) is 13.4. The Morgan fingerprint density at radius 2 is 1.81 bits per heavy atom. The number of aromatic nitrogens is 1. The van der Waals surface area contributed by atoms with Crippen molar-refractivity contribution < 1.29 is 9.18 Å². The normalized spacial score (nSPS) is 13.4. The van der Waals surface area contributed by atoms with Crippen LogP contribution in [0.25, 0.3) is 5.70 Å². The summed E-state index contributed by atoms with van der Waals surface area (Å²) in [4.78, 5) is 19.2. The van der Waals surface area contributed by atoms with Crippen LogP contribution in [0.1, 0.15) is 59.4 Å². The first-order chi connectivity index (χ1) is 19.8. The van der Waals surface area contributed by atoms with Crippen LogP contribution in [0.5, 0.6) is 0 Å². The van der Waals surface area contributed by atoms with E-state index in [4.69, 9.17) is 28.8 Å². The van der Waals surface area contributed by atoms with Crippen LogP contribution < -0.4 is 33.2 Å². The molecule has 1 aromatic heterocycles. The summed E-state index contributed by atoms with van der Waals surface area (Å²) in [5, 5.41) is 9.68. The van der Waals surface area contributed by atoms with Crippen molar-refractivity contribution in [2.75, 3.05) is 36.8 Å². The van der Waals surface area contributed by atoms with Gasteiger partial charge >= 0.3 is 0 Å². The van der Waals surface area contributed by atoms with Crippen LogP contribution in [0.2, 0.25) is 5.02 Å². The first-order valence-electron chi connectivity index (χ1n) is 14.5. The number of amides is 1. The third-order valence-electron chi connectivity index (χ3n) is 6.23. The SMILES string of the molecule is CC(C)CCCN/C(N)=C(/C=C(\N)c1cc(Cl)ccc1F)Nc1ccnc(NC(=O)CCN(CC(C)C)CC(C)N)c1. The molecule has 0 radical (unpaired) electrons. The van der Waals surface area contributed by atoms with Crippen molar-refractivity contribution in [1.29, 1.82) is 0 Å². The Morgan fingerprint density at radius 1 is 1.07 bits per heavy atom. The van der Waals surface area contributed by atoms with E-state index in [1.165, 1.54) is 18.2 Å². The topological polar surface area (TPSA) is 147 Å². The molecule has 1 atom stereocenters. The standard InChI is InChI=1S/C31H48ClFN8O/c1-20(2)7-6-12-38-31(36)28(17-27(35)25-15-23(32)8-9-26(25)33)39-24-10-13-37-29(16-24)40-30(42)11-14-41(18-21(3)4)19-22(5)34/h8-10,13,15-17,20-22,38H,6-7,11-12,14,18-19,34-36H2,1-5H3,(H2,37,39,40,42)/b27-17-,31-28-. The van der Waals surface area contributed by atoms with Gasteiger partial charge in [0.1, 0.15) is 17.5 Å². The summed E-state index contributed by atoms with van der Waals surface area (Å²) >= 11 is 6.08. The molecule has 232 valence electrons. The van der Waals surface area contributed by atoms with E-state index in [1.807, 2.05) is 6.92 Å². The molecule has 2 rings (SSSR count). The molecule has 0 spiro atoms. The smallest absolute Gasteiger partial charge is 0.226 e. The number of anilines is 2. The summed E-state index contributed by atoms with van der Waals surface area (Å²) in [5.41, 5.74) is 20.0. The number of nitrogens with one attached hydrogen (secondary N) is 3. The average Bonchev–Trinajstić information content (AvgIpc) is 2.90. The van der Waals surface area contributed by atoms with Crippen LogP contribution in [0.15, 0.2) is 54.1 Å². The van der Waals surface area contributed by atoms with Crippen molar-refractivity contribution in [3.8, 4) is 0 Å². The highest BCUT2D eigenvalue weighted by Gasteiger charge is 2.14. The van der Waals surface area contributed by atoms with Gasteiger partial charge in [-0.25, -0.2) is 9.37 Å². The summed E-state index contributed by atoms with van der Waals surface area (Å²) in [6, 6.07) is 7.64. The van der Waals surface area contributed by atoms with Crippen molar-refractivity contribution in [3.05, 3.63) is 70.5 Å². The fraction of sp³-hybridized carbons (Fsp3) is 0.484. The van der Waals surface area contributed by atoms with Gasteiger partial charge in [0.2, 0.25) is 5.91 Å². The molecule has 0 saturated carbocycles. The van der Waals surface area contributed by atoms with Gasteiger partial charge in [0.05, 0.1) is 5.70 Å². The number of nitrogens with two attached hydrogens (primary N) is 3. The van der Waals surface area contributed by atoms with E-state index >= 15 is 0 Å². The zero-order valence-corrected chi connectivity index (χ0v) is 26.3. The molecule has 0 fully saturated rings. The zero-order valence-electron chi connectivity index (χ0n) is 25.5. The van der Waals surface area contributed by atoms with E-state index in [1.54, 1.807) is 24.4 Å². The van der Waals surface area contributed by atoms with Crippen molar-refractivity contribution in [1.82, 2.24) is 15.2 Å². The lowest BCUT2D eigenvalue weighted by Crippen LogP contribution is -2.39. The highest BCUT2D eigenvalue weighted by molar-refractivity contribution is 6.30. The number of carbonyl (C=O) groups is 1. The Hall–Kier alpha value is -3.34. The molecule has 1 amide bonds. The van der Waals surface area contributed by atoms with Crippen molar-refractivity contribution in [3.63, 3.8) is 0 Å². The fourth-order valence-electron chi connectivity index (χ4n) is 4.34. The van der Waals surface area contributed by atoms with Crippen LogP contribution >= 0.6 is 11.6 Å². The van der Waals surface area contributed by atoms with Gasteiger partial charge in [-0.1, -0.05) is 39.3 Å². The lowest BCUT2D eigenvalue weighted by Gasteiger charge is -2.25. The van der Waals surface area contributed by atoms with Crippen molar-refractivity contribution in [2.24, 2.45) is 29.0 Å². The van der Waals surface area contributed by atoms with Crippen LogP contribution in [0.3, 0.4) is 0 Å². The second-order valence-corrected chi connectivity index (χ2v) is 11.9. The predicted octanol–water partition coefficient (Wildman–Crippen LogP) is 5.07. The summed E-state index contributed by atoms with van der Waals surface area (Å²) in [6.07, 6.45) is 5.41. The molecule has 0 aliphatic rings. The molecule has 2 aromatic rings. The molecule has 9 nitrogen and oxygen atoms in total. The van der Waals surface area contributed by atoms with Gasteiger partial charge in [0.25, 0.3) is 0 Å². The number of allylic oxidation sites excluding steroid dienone is 1. The molecule has 9 N–H and O–H groups in total. The van der Waals surface area contributed by atoms with E-state index in [0.29, 0.717) is 59.4 Å². The minimum atomic E-state index is -0.502. The maximum absolute atomic E-state index is 14.5. The number of benzene rings is 1. The van der Waals surface area contributed by atoms with E-state index in [2.05, 4.69) is 53.5 Å². The molecule has 1 unspecified atom stereocenters. The highest BCUT2D eigenvalue weighted by atomic mass is 35.5. The Kier molecular flexibility index (Phi) is 14.6. The number of hydrogen-bond donors (Lipinski definition) is 6. The Balaban J connectivity index is 2.21. The molecule has 11 heteroatoms. The Morgan fingerprint density at radius 3 is 2.48 bits per heavy atom. The molecule has 42 heavy (non-hydrogen) atoms. The Labute approximate surface area is 255 Å². The second-order valence-electron chi connectivity index (χ2n) is 11.5. The zero-order chi connectivity index (χ0) is 31.2. The monoisotopic (exact) mass is 602 g/mol. The van der Waals surface area contributed by atoms with Gasteiger partial charge in [0.15, 0.2) is 0 Å². The van der Waals surface area contributed by atoms with Gasteiger partial charge in [-0.2, -0.15) is 0 Å². The van der Waals surface area contributed by atoms with E-state index < -0.39 is 5.82 Å². The quantitative estimate of drug-likeness (QED) is 0.109. The van der Waals surface area contributed by atoms with E-state index in [9.17, 15) is 9.18 Å². The molecular weight excluding hydrogens is 555 g/mol. The maximum atomic E-state index is 14.5. The van der Waals surface area contributed by atoms with Crippen LogP contribution in [0.4, 0.5) is 15.9 Å². The molecule has 0 aliphatic carbocycles. The maximum Gasteiger partial charge on any atom is 0.226 e. The number of pyridine rings is 1. The third-order valence-corrected chi connectivity index (χ3v) is 6.47. The number of hydrogen-bond acceptors (Lipinski definition) is 8. The molecule has 0 bridgehead atoms. The number of rotatable bonds is 17. The predicted molar refractivity (Wildman–Crippen MR) is 173 cm³/mol. The molecule has 0 aliphatic heterocycles. The van der Waals surface area contributed by atoms with Gasteiger partial charge in [0, 0.05) is 72.9 Å². The third kappa shape index (κ3) is 13.1. The van der Waals surface area contributed by atoms with E-state index in [0.717, 1.165) is 25.9 Å². The van der Waals surface area contributed by atoms with Gasteiger partial charge in [-0.05, 0) is 61.9 Å². The van der Waals surface area contributed by atoms with Crippen molar-refractivity contribution in [2.45, 2.75) is 59.9 Å². The first-order valence-corrected chi connectivity index (χ1v) is 14.9. The van der Waals surface area contributed by atoms with Gasteiger partial charge < -0.3 is 38.1 Å². The van der Waals surface area contributed by atoms with Crippen molar-refractivity contribution >= 4 is 34.7 Å². The lowest BCUT2D eigenvalue weighted by molar-refractivity contribution is -0.116. The lowest BCUT2D eigenvalue weighted by atomic mass is 10.1. The van der Waals surface area contributed by atoms with Crippen LogP contribution in [0, 0.1) is 17.7 Å². The molecular formula is C31H48ClFN8O. The average molecular weight is 603 g/mol.